The van der Waals surface area contributed by atoms with Gasteiger partial charge in [-0.3, -0.25) is 9.78 Å². The van der Waals surface area contributed by atoms with E-state index < -0.39 is 6.10 Å². The zero-order chi connectivity index (χ0) is 22.4. The summed E-state index contributed by atoms with van der Waals surface area (Å²) in [6.45, 7) is 0.921. The summed E-state index contributed by atoms with van der Waals surface area (Å²) in [6, 6.07) is 15.8. The number of hydrogen-bond donors (Lipinski definition) is 1. The van der Waals surface area contributed by atoms with E-state index in [0.29, 0.717) is 37.4 Å². The van der Waals surface area contributed by atoms with E-state index in [0.717, 1.165) is 22.2 Å². The summed E-state index contributed by atoms with van der Waals surface area (Å²) < 4.78 is 27.7. The third-order valence-electron chi connectivity index (χ3n) is 6.17. The quantitative estimate of drug-likeness (QED) is 0.520. The number of ether oxygens (including phenoxy) is 2. The molecule has 0 radical (unpaired) electrons. The van der Waals surface area contributed by atoms with Gasteiger partial charge in [-0.25, -0.2) is 9.07 Å². The molecule has 2 aliphatic heterocycles. The first kappa shape index (κ1) is 19.7. The van der Waals surface area contributed by atoms with Gasteiger partial charge in [0.25, 0.3) is 5.91 Å². The first-order valence-electron chi connectivity index (χ1n) is 10.9. The van der Waals surface area contributed by atoms with Gasteiger partial charge < -0.3 is 14.8 Å². The molecule has 0 saturated heterocycles. The molecule has 6 rings (SSSR count). The van der Waals surface area contributed by atoms with Gasteiger partial charge in [0.1, 0.15) is 24.3 Å². The summed E-state index contributed by atoms with van der Waals surface area (Å²) in [5.41, 5.74) is 2.72. The van der Waals surface area contributed by atoms with Crippen molar-refractivity contribution in [1.29, 1.82) is 0 Å². The Morgan fingerprint density at radius 1 is 1.15 bits per heavy atom. The van der Waals surface area contributed by atoms with E-state index in [2.05, 4.69) is 15.4 Å². The number of aromatic nitrogens is 3. The molecule has 7 nitrogen and oxygen atoms in total. The minimum absolute atomic E-state index is 0.193. The Hall–Kier alpha value is -3.94. The predicted octanol–water partition coefficient (Wildman–Crippen LogP) is 3.83. The normalized spacial score (nSPS) is 19.2. The molecule has 4 heterocycles. The molecule has 2 aromatic heterocycles. The number of rotatable bonds is 3. The molecule has 0 fully saturated rings. The van der Waals surface area contributed by atoms with Gasteiger partial charge in [0.2, 0.25) is 5.88 Å². The molecule has 2 aliphatic rings. The highest BCUT2D eigenvalue weighted by molar-refractivity contribution is 5.93. The molecular formula is C25H21FN4O3. The van der Waals surface area contributed by atoms with Crippen LogP contribution in [0.4, 0.5) is 4.39 Å². The third-order valence-corrected chi connectivity index (χ3v) is 6.17. The molecule has 0 aliphatic carbocycles. The van der Waals surface area contributed by atoms with Crippen LogP contribution in [-0.2, 0) is 13.0 Å². The number of amides is 1. The Morgan fingerprint density at radius 3 is 2.97 bits per heavy atom. The molecule has 8 heteroatoms. The van der Waals surface area contributed by atoms with Crippen LogP contribution in [0.25, 0.3) is 10.9 Å². The van der Waals surface area contributed by atoms with E-state index >= 15 is 0 Å². The standard InChI is InChI=1S/C25H21FN4O3/c26-19-6-2-1-4-17(19)23-9-11-30-24(33-23)13-21(29-30)25(31)28-15-12-18-16-5-3-10-27-20(16)7-8-22(18)32-14-15/h1-8,10,13,15,23H,9,11-12,14H2,(H,28,31). The minimum atomic E-state index is -0.406. The van der Waals surface area contributed by atoms with E-state index in [1.165, 1.54) is 6.07 Å². The molecule has 2 atom stereocenters. The van der Waals surface area contributed by atoms with Crippen molar-refractivity contribution in [2.45, 2.75) is 31.5 Å². The second-order valence-electron chi connectivity index (χ2n) is 8.31. The molecule has 0 saturated carbocycles. The van der Waals surface area contributed by atoms with Crippen LogP contribution in [0.1, 0.15) is 34.1 Å². The van der Waals surface area contributed by atoms with Gasteiger partial charge >= 0.3 is 0 Å². The molecule has 0 bridgehead atoms. The lowest BCUT2D eigenvalue weighted by Crippen LogP contribution is -2.43. The van der Waals surface area contributed by atoms with Crippen LogP contribution in [0, 0.1) is 5.82 Å². The maximum absolute atomic E-state index is 14.2. The molecule has 33 heavy (non-hydrogen) atoms. The summed E-state index contributed by atoms with van der Waals surface area (Å²) in [5.74, 6) is 0.695. The number of pyridine rings is 1. The molecule has 166 valence electrons. The number of benzene rings is 2. The minimum Gasteiger partial charge on any atom is -0.491 e. The molecule has 1 N–H and O–H groups in total. The molecule has 1 amide bonds. The average Bonchev–Trinajstić information content (AvgIpc) is 3.28. The second kappa shape index (κ2) is 7.88. The zero-order valence-corrected chi connectivity index (χ0v) is 17.7. The summed E-state index contributed by atoms with van der Waals surface area (Å²) >= 11 is 0. The number of carbonyl (C=O) groups is 1. The molecule has 0 spiro atoms. The molecule has 2 unspecified atom stereocenters. The number of nitrogens with zero attached hydrogens (tertiary/aromatic N) is 3. The monoisotopic (exact) mass is 444 g/mol. The van der Waals surface area contributed by atoms with E-state index in [-0.39, 0.29) is 23.5 Å². The number of carbonyl (C=O) groups excluding carboxylic acids is 1. The Morgan fingerprint density at radius 2 is 2.06 bits per heavy atom. The SMILES string of the molecule is O=C(NC1COc2ccc3ncccc3c2C1)c1cc2n(n1)CCC(c1ccccc1F)O2. The number of aryl methyl sites for hydroxylation is 1. The van der Waals surface area contributed by atoms with Crippen LogP contribution in [0.2, 0.25) is 0 Å². The van der Waals surface area contributed by atoms with Gasteiger partial charge in [-0.1, -0.05) is 24.3 Å². The fourth-order valence-corrected chi connectivity index (χ4v) is 4.55. The Balaban J connectivity index is 1.18. The first-order chi connectivity index (χ1) is 16.2. The van der Waals surface area contributed by atoms with Gasteiger partial charge in [0.15, 0.2) is 5.69 Å². The fourth-order valence-electron chi connectivity index (χ4n) is 4.55. The van der Waals surface area contributed by atoms with Gasteiger partial charge in [-0.2, -0.15) is 5.10 Å². The fraction of sp³-hybridized carbons (Fsp3) is 0.240. The summed E-state index contributed by atoms with van der Waals surface area (Å²) in [5, 5.41) is 8.45. The highest BCUT2D eigenvalue weighted by atomic mass is 19.1. The molecule has 2 aromatic carbocycles. The molecule has 4 aromatic rings. The lowest BCUT2D eigenvalue weighted by molar-refractivity contribution is 0.0909. The van der Waals surface area contributed by atoms with Crippen molar-refractivity contribution in [3.05, 3.63) is 83.4 Å². The van der Waals surface area contributed by atoms with Crippen LogP contribution in [-0.4, -0.2) is 33.3 Å². The third kappa shape index (κ3) is 3.57. The van der Waals surface area contributed by atoms with Crippen molar-refractivity contribution in [2.24, 2.45) is 0 Å². The van der Waals surface area contributed by atoms with Crippen molar-refractivity contribution >= 4 is 16.8 Å². The van der Waals surface area contributed by atoms with Gasteiger partial charge in [0, 0.05) is 48.2 Å². The highest BCUT2D eigenvalue weighted by Crippen LogP contribution is 2.33. The molecular weight excluding hydrogens is 423 g/mol. The Bertz CT molecular complexity index is 1370. The van der Waals surface area contributed by atoms with Gasteiger partial charge in [-0.15, -0.1) is 0 Å². The largest absolute Gasteiger partial charge is 0.491 e. The van der Waals surface area contributed by atoms with Crippen LogP contribution >= 0.6 is 0 Å². The van der Waals surface area contributed by atoms with Crippen molar-refractivity contribution in [2.75, 3.05) is 6.61 Å². The van der Waals surface area contributed by atoms with Crippen molar-refractivity contribution in [3.63, 3.8) is 0 Å². The topological polar surface area (TPSA) is 78.3 Å². The lowest BCUT2D eigenvalue weighted by atomic mass is 9.98. The number of nitrogens with one attached hydrogen (secondary N) is 1. The maximum atomic E-state index is 14.2. The lowest BCUT2D eigenvalue weighted by Gasteiger charge is -2.26. The van der Waals surface area contributed by atoms with Crippen molar-refractivity contribution in [1.82, 2.24) is 20.1 Å². The maximum Gasteiger partial charge on any atom is 0.272 e. The smallest absolute Gasteiger partial charge is 0.272 e. The Labute approximate surface area is 189 Å². The number of hydrogen-bond acceptors (Lipinski definition) is 5. The van der Waals surface area contributed by atoms with E-state index in [1.54, 1.807) is 35.1 Å². The van der Waals surface area contributed by atoms with Crippen LogP contribution in [0.15, 0.2) is 60.8 Å². The van der Waals surface area contributed by atoms with Crippen LogP contribution in [0.3, 0.4) is 0 Å². The summed E-state index contributed by atoms with van der Waals surface area (Å²) in [4.78, 5) is 17.3. The van der Waals surface area contributed by atoms with Crippen molar-refractivity contribution in [3.8, 4) is 11.6 Å². The van der Waals surface area contributed by atoms with Crippen LogP contribution in [0.5, 0.6) is 11.6 Å². The second-order valence-corrected chi connectivity index (χ2v) is 8.31. The van der Waals surface area contributed by atoms with Crippen LogP contribution < -0.4 is 14.8 Å². The van der Waals surface area contributed by atoms with E-state index in [9.17, 15) is 9.18 Å². The first-order valence-corrected chi connectivity index (χ1v) is 10.9. The summed E-state index contributed by atoms with van der Waals surface area (Å²) in [6.07, 6.45) is 2.57. The van der Waals surface area contributed by atoms with E-state index in [4.69, 9.17) is 9.47 Å². The zero-order valence-electron chi connectivity index (χ0n) is 17.7. The van der Waals surface area contributed by atoms with Crippen molar-refractivity contribution < 1.29 is 18.7 Å². The summed E-state index contributed by atoms with van der Waals surface area (Å²) in [7, 11) is 0. The highest BCUT2D eigenvalue weighted by Gasteiger charge is 2.28. The Kier molecular flexibility index (Phi) is 4.71. The number of halogens is 1. The van der Waals surface area contributed by atoms with Gasteiger partial charge in [0.05, 0.1) is 11.6 Å². The predicted molar refractivity (Wildman–Crippen MR) is 119 cm³/mol. The van der Waals surface area contributed by atoms with E-state index in [1.807, 2.05) is 24.3 Å². The average molecular weight is 444 g/mol. The number of fused-ring (bicyclic) bond motifs is 4. The van der Waals surface area contributed by atoms with Gasteiger partial charge in [-0.05, 0) is 24.3 Å².